The number of carbonyl (C=O) groups is 2. The first-order valence-corrected chi connectivity index (χ1v) is 13.1. The Hall–Kier alpha value is -3.46. The lowest BCUT2D eigenvalue weighted by Gasteiger charge is -2.36. The molecule has 8 nitrogen and oxygen atoms in total. The number of ketones is 2. The summed E-state index contributed by atoms with van der Waals surface area (Å²) in [5.41, 5.74) is 1.32. The van der Waals surface area contributed by atoms with Crippen LogP contribution in [0.1, 0.15) is 27.1 Å². The highest BCUT2D eigenvalue weighted by molar-refractivity contribution is 6.29. The molecular weight excluding hydrogens is 484 g/mol. The highest BCUT2D eigenvalue weighted by atomic mass is 16.5. The Labute approximate surface area is 222 Å². The molecule has 1 N–H and O–H groups in total. The van der Waals surface area contributed by atoms with Gasteiger partial charge in [0.05, 0.1) is 20.1 Å². The van der Waals surface area contributed by atoms with Crippen LogP contribution in [0.3, 0.4) is 0 Å². The lowest BCUT2D eigenvalue weighted by atomic mass is 9.78. The van der Waals surface area contributed by atoms with Crippen LogP contribution in [-0.4, -0.2) is 92.7 Å². The predicted octanol–water partition coefficient (Wildman–Crippen LogP) is 3.30. The lowest BCUT2D eigenvalue weighted by molar-refractivity contribution is 0.0433. The van der Waals surface area contributed by atoms with Crippen molar-refractivity contribution < 1.29 is 28.9 Å². The normalized spacial score (nSPS) is 17.6. The van der Waals surface area contributed by atoms with Crippen molar-refractivity contribution in [3.8, 4) is 17.2 Å². The van der Waals surface area contributed by atoms with Crippen molar-refractivity contribution in [1.82, 2.24) is 9.80 Å². The van der Waals surface area contributed by atoms with Crippen LogP contribution in [-0.2, 0) is 0 Å². The Bertz CT molecular complexity index is 1240. The monoisotopic (exact) mass is 518 g/mol. The summed E-state index contributed by atoms with van der Waals surface area (Å²) in [6.45, 7) is 4.52. The molecule has 1 saturated heterocycles. The second-order valence-electron chi connectivity index (χ2n) is 9.88. The smallest absolute Gasteiger partial charge is 0.203 e. The average Bonchev–Trinajstić information content (AvgIpc) is 2.95. The number of para-hydroxylation sites is 1. The third-order valence-electron chi connectivity index (χ3n) is 7.54. The summed E-state index contributed by atoms with van der Waals surface area (Å²) in [5, 5.41) is 12.3. The predicted molar refractivity (Wildman–Crippen MR) is 145 cm³/mol. The van der Waals surface area contributed by atoms with Gasteiger partial charge in [0.1, 0.15) is 12.7 Å². The average molecular weight is 519 g/mol. The number of Topliss-reactive ketones (excluding diaryl/α,β-unsaturated/α-hetero) is 2. The highest BCUT2D eigenvalue weighted by Crippen LogP contribution is 2.37. The third kappa shape index (κ3) is 5.25. The van der Waals surface area contributed by atoms with E-state index in [0.29, 0.717) is 47.9 Å². The van der Waals surface area contributed by atoms with Crippen LogP contribution >= 0.6 is 0 Å². The fourth-order valence-electron chi connectivity index (χ4n) is 5.51. The Balaban J connectivity index is 1.10. The van der Waals surface area contributed by atoms with Crippen LogP contribution in [0.2, 0.25) is 0 Å². The topological polar surface area (TPSA) is 88.5 Å². The van der Waals surface area contributed by atoms with Gasteiger partial charge in [0, 0.05) is 49.2 Å². The van der Waals surface area contributed by atoms with Crippen LogP contribution in [0.5, 0.6) is 17.2 Å². The van der Waals surface area contributed by atoms with Crippen molar-refractivity contribution in [2.75, 3.05) is 60.1 Å². The summed E-state index contributed by atoms with van der Waals surface area (Å²) < 4.78 is 16.5. The highest BCUT2D eigenvalue weighted by Gasteiger charge is 2.35. The zero-order chi connectivity index (χ0) is 26.6. The number of nitrogens with zero attached hydrogens (tertiary/aromatic N) is 2. The van der Waals surface area contributed by atoms with Crippen molar-refractivity contribution >= 4 is 22.3 Å². The number of aliphatic hydroxyl groups is 1. The van der Waals surface area contributed by atoms with E-state index in [9.17, 15) is 14.7 Å². The minimum atomic E-state index is -0.670. The van der Waals surface area contributed by atoms with Crippen LogP contribution < -0.4 is 14.2 Å². The zero-order valence-corrected chi connectivity index (χ0v) is 21.9. The summed E-state index contributed by atoms with van der Waals surface area (Å²) in [7, 11) is 3.13. The van der Waals surface area contributed by atoms with E-state index in [1.807, 2.05) is 42.5 Å². The number of hydrogen-bond acceptors (Lipinski definition) is 8. The molecule has 8 heteroatoms. The fraction of sp³-hybridized carbons (Fsp3) is 0.400. The first-order chi connectivity index (χ1) is 18.5. The maximum Gasteiger partial charge on any atom is 0.203 e. The number of carbonyl (C=O) groups excluding carboxylic acids is 2. The van der Waals surface area contributed by atoms with Gasteiger partial charge in [-0.25, -0.2) is 0 Å². The molecule has 38 heavy (non-hydrogen) atoms. The molecule has 0 amide bonds. The second-order valence-corrected chi connectivity index (χ2v) is 9.88. The molecule has 1 aliphatic carbocycles. The molecule has 1 atom stereocenters. The van der Waals surface area contributed by atoms with Gasteiger partial charge in [0.25, 0.3) is 0 Å². The number of β-amino-alcohol motifs (C(OH)–C–C–N with tert-alkyl or cyclic N) is 1. The molecule has 1 heterocycles. The van der Waals surface area contributed by atoms with E-state index in [-0.39, 0.29) is 18.2 Å². The molecule has 2 aliphatic rings. The van der Waals surface area contributed by atoms with E-state index in [1.54, 1.807) is 26.4 Å². The third-order valence-corrected chi connectivity index (χ3v) is 7.54. The summed E-state index contributed by atoms with van der Waals surface area (Å²) in [6.07, 6.45) is -0.156. The number of hydrogen-bond donors (Lipinski definition) is 1. The van der Waals surface area contributed by atoms with Gasteiger partial charge in [0.2, 0.25) is 5.75 Å². The van der Waals surface area contributed by atoms with Crippen molar-refractivity contribution in [2.24, 2.45) is 5.92 Å². The Morgan fingerprint density at radius 1 is 0.842 bits per heavy atom. The molecule has 0 saturated carbocycles. The number of methoxy groups -OCH3 is 2. The van der Waals surface area contributed by atoms with Crippen LogP contribution in [0.25, 0.3) is 10.8 Å². The van der Waals surface area contributed by atoms with Crippen LogP contribution in [0.15, 0.2) is 54.6 Å². The van der Waals surface area contributed by atoms with E-state index >= 15 is 0 Å². The van der Waals surface area contributed by atoms with Crippen molar-refractivity contribution in [3.05, 3.63) is 65.7 Å². The van der Waals surface area contributed by atoms with Gasteiger partial charge in [-0.05, 0) is 30.5 Å². The minimum Gasteiger partial charge on any atom is -0.493 e. The van der Waals surface area contributed by atoms with E-state index in [4.69, 9.17) is 14.2 Å². The van der Waals surface area contributed by atoms with Crippen molar-refractivity contribution in [3.63, 3.8) is 0 Å². The summed E-state index contributed by atoms with van der Waals surface area (Å²) >= 11 is 0. The standard InChI is InChI=1S/C30H34N2O6/c1-36-25-10-5-11-26(37-2)30(25)38-19-21(33)18-32-16-14-31(15-17-32)13-12-24-28(34)22-8-3-6-20-7-4-9-23(27(20)22)29(24)35/h3-11,21,24,33H,12-19H2,1-2H3. The fourth-order valence-corrected chi connectivity index (χ4v) is 5.51. The molecule has 1 unspecified atom stereocenters. The molecule has 0 aromatic heterocycles. The van der Waals surface area contributed by atoms with Gasteiger partial charge < -0.3 is 24.2 Å². The van der Waals surface area contributed by atoms with Gasteiger partial charge in [-0.2, -0.15) is 0 Å². The van der Waals surface area contributed by atoms with Crippen LogP contribution in [0, 0.1) is 5.92 Å². The van der Waals surface area contributed by atoms with E-state index < -0.39 is 12.0 Å². The van der Waals surface area contributed by atoms with Crippen LogP contribution in [0.4, 0.5) is 0 Å². The van der Waals surface area contributed by atoms with Gasteiger partial charge in [-0.1, -0.05) is 42.5 Å². The molecule has 1 aliphatic heterocycles. The zero-order valence-electron chi connectivity index (χ0n) is 21.9. The number of piperazine rings is 1. The maximum atomic E-state index is 13.2. The molecule has 1 fully saturated rings. The molecule has 3 aromatic rings. The SMILES string of the molecule is COc1cccc(OC)c1OCC(O)CN1CCN(CCC2C(=O)c3cccc4cccc(c34)C2=O)CC1. The van der Waals surface area contributed by atoms with E-state index in [2.05, 4.69) is 9.80 Å². The van der Waals surface area contributed by atoms with Crippen molar-refractivity contribution in [1.29, 1.82) is 0 Å². The van der Waals surface area contributed by atoms with Crippen molar-refractivity contribution in [2.45, 2.75) is 12.5 Å². The quantitative estimate of drug-likeness (QED) is 0.409. The van der Waals surface area contributed by atoms with Gasteiger partial charge >= 0.3 is 0 Å². The summed E-state index contributed by atoms with van der Waals surface area (Å²) in [6, 6.07) is 16.7. The maximum absolute atomic E-state index is 13.2. The second kappa shape index (κ2) is 11.5. The molecule has 0 bridgehead atoms. The van der Waals surface area contributed by atoms with E-state index in [1.165, 1.54) is 0 Å². The largest absolute Gasteiger partial charge is 0.493 e. The van der Waals surface area contributed by atoms with E-state index in [0.717, 1.165) is 37.0 Å². The first kappa shape index (κ1) is 26.2. The number of aliphatic hydroxyl groups excluding tert-OH is 1. The molecule has 0 spiro atoms. The minimum absolute atomic E-state index is 0.0623. The summed E-state index contributed by atoms with van der Waals surface area (Å²) in [4.78, 5) is 30.9. The molecule has 0 radical (unpaired) electrons. The van der Waals surface area contributed by atoms with Gasteiger partial charge in [0.15, 0.2) is 23.1 Å². The Morgan fingerprint density at radius 2 is 1.39 bits per heavy atom. The number of ether oxygens (including phenoxy) is 3. The van der Waals surface area contributed by atoms with Gasteiger partial charge in [-0.15, -0.1) is 0 Å². The molecule has 3 aromatic carbocycles. The molecular formula is C30H34N2O6. The number of benzene rings is 3. The number of rotatable bonds is 10. The molecule has 5 rings (SSSR count). The Kier molecular flexibility index (Phi) is 7.93. The molecule has 200 valence electrons. The van der Waals surface area contributed by atoms with Gasteiger partial charge in [-0.3, -0.25) is 14.5 Å². The Morgan fingerprint density at radius 3 is 1.97 bits per heavy atom. The first-order valence-electron chi connectivity index (χ1n) is 13.1. The summed E-state index contributed by atoms with van der Waals surface area (Å²) in [5.74, 6) is 0.840. The lowest BCUT2D eigenvalue weighted by Crippen LogP contribution is -2.49.